The van der Waals surface area contributed by atoms with Crippen LogP contribution in [0, 0.1) is 6.92 Å². The lowest BCUT2D eigenvalue weighted by atomic mass is 10.1. The third-order valence-electron chi connectivity index (χ3n) is 5.73. The lowest BCUT2D eigenvalue weighted by Gasteiger charge is -2.25. The van der Waals surface area contributed by atoms with Crippen LogP contribution in [0.25, 0.3) is 0 Å². The molecule has 170 valence electrons. The number of benzene rings is 1. The predicted molar refractivity (Wildman–Crippen MR) is 121 cm³/mol. The summed E-state index contributed by atoms with van der Waals surface area (Å²) >= 11 is 0. The molecule has 1 atom stereocenters. The van der Waals surface area contributed by atoms with Gasteiger partial charge in [0, 0.05) is 25.9 Å². The first kappa shape index (κ1) is 21.8. The van der Waals surface area contributed by atoms with E-state index in [4.69, 9.17) is 9.73 Å². The van der Waals surface area contributed by atoms with Crippen LogP contribution in [-0.4, -0.2) is 48.6 Å². The van der Waals surface area contributed by atoms with Crippen LogP contribution < -0.4 is 15.4 Å². The zero-order chi connectivity index (χ0) is 22.5. The molecular weight excluding hydrogens is 406 g/mol. The number of nitrogens with one attached hydrogen (secondary N) is 2. The number of hydrogen-bond acceptors (Lipinski definition) is 6. The maximum atomic E-state index is 5.25. The van der Waals surface area contributed by atoms with Crippen LogP contribution in [0.5, 0.6) is 5.75 Å². The summed E-state index contributed by atoms with van der Waals surface area (Å²) in [6, 6.07) is 8.18. The minimum Gasteiger partial charge on any atom is -0.497 e. The molecule has 2 N–H and O–H groups in total. The summed E-state index contributed by atoms with van der Waals surface area (Å²) in [6.45, 7) is 5.88. The van der Waals surface area contributed by atoms with Gasteiger partial charge in [0.15, 0.2) is 17.6 Å². The number of rotatable bonds is 7. The molecule has 1 aliphatic heterocycles. The van der Waals surface area contributed by atoms with Gasteiger partial charge in [-0.1, -0.05) is 19.1 Å². The molecule has 1 aliphatic rings. The summed E-state index contributed by atoms with van der Waals surface area (Å²) in [4.78, 5) is 9.43. The van der Waals surface area contributed by atoms with Crippen LogP contribution in [0.1, 0.15) is 42.2 Å². The Balaban J connectivity index is 1.46. The van der Waals surface area contributed by atoms with E-state index in [0.29, 0.717) is 13.1 Å². The van der Waals surface area contributed by atoms with Crippen LogP contribution >= 0.6 is 0 Å². The highest BCUT2D eigenvalue weighted by atomic mass is 16.5. The number of hydrogen-bond donors (Lipinski definition) is 2. The molecule has 1 aromatic carbocycles. The number of nitrogens with zero attached hydrogens (tertiary/aromatic N) is 7. The molecule has 1 unspecified atom stereocenters. The van der Waals surface area contributed by atoms with E-state index in [1.54, 1.807) is 7.11 Å². The van der Waals surface area contributed by atoms with E-state index >= 15 is 0 Å². The van der Waals surface area contributed by atoms with Crippen LogP contribution in [0.4, 0.5) is 0 Å². The molecule has 2 aromatic heterocycles. The van der Waals surface area contributed by atoms with E-state index in [-0.39, 0.29) is 6.04 Å². The Hall–Kier alpha value is -3.43. The first-order valence-corrected chi connectivity index (χ1v) is 11.0. The number of aryl methyl sites for hydroxylation is 3. The number of fused-ring (bicyclic) bond motifs is 1. The molecule has 3 aromatic rings. The van der Waals surface area contributed by atoms with Crippen LogP contribution in [-0.2, 0) is 39.5 Å². The van der Waals surface area contributed by atoms with E-state index < -0.39 is 0 Å². The van der Waals surface area contributed by atoms with Gasteiger partial charge in [-0.2, -0.15) is 5.10 Å². The van der Waals surface area contributed by atoms with Gasteiger partial charge in [-0.25, -0.2) is 14.7 Å². The first-order chi connectivity index (χ1) is 15.6. The molecule has 3 heterocycles. The smallest absolute Gasteiger partial charge is 0.192 e. The maximum absolute atomic E-state index is 5.25. The highest BCUT2D eigenvalue weighted by molar-refractivity contribution is 5.80. The fourth-order valence-electron chi connectivity index (χ4n) is 3.64. The van der Waals surface area contributed by atoms with Crippen LogP contribution in [0.2, 0.25) is 0 Å². The lowest BCUT2D eigenvalue weighted by Crippen LogP contribution is -2.47. The van der Waals surface area contributed by atoms with Gasteiger partial charge in [-0.05, 0) is 31.0 Å². The van der Waals surface area contributed by atoms with Crippen molar-refractivity contribution in [2.45, 2.75) is 58.8 Å². The first-order valence-electron chi connectivity index (χ1n) is 11.0. The van der Waals surface area contributed by atoms with Crippen molar-refractivity contribution < 1.29 is 4.74 Å². The van der Waals surface area contributed by atoms with Crippen molar-refractivity contribution in [3.63, 3.8) is 0 Å². The van der Waals surface area contributed by atoms with E-state index in [1.807, 2.05) is 47.5 Å². The molecule has 0 saturated carbocycles. The van der Waals surface area contributed by atoms with E-state index in [1.165, 1.54) is 0 Å². The largest absolute Gasteiger partial charge is 0.497 e. The third kappa shape index (κ3) is 5.06. The molecule has 0 saturated heterocycles. The standard InChI is InChI=1S/C22H31N9O/c1-5-19-26-20-11-8-17(14-31(20)29-19)25-22(24-13-21-28-27-15(2)30(21)3)23-12-16-6-9-18(32-4)10-7-16/h6-7,9-10,17H,5,8,11-14H2,1-4H3,(H2,23,24,25). The van der Waals surface area contributed by atoms with Crippen molar-refractivity contribution in [1.29, 1.82) is 0 Å². The second-order valence-corrected chi connectivity index (χ2v) is 7.95. The van der Waals surface area contributed by atoms with Crippen molar-refractivity contribution in [2.75, 3.05) is 7.11 Å². The highest BCUT2D eigenvalue weighted by Crippen LogP contribution is 2.14. The second-order valence-electron chi connectivity index (χ2n) is 7.95. The van der Waals surface area contributed by atoms with Gasteiger partial charge in [-0.15, -0.1) is 10.2 Å². The Labute approximate surface area is 188 Å². The Morgan fingerprint density at radius 1 is 1.25 bits per heavy atom. The maximum Gasteiger partial charge on any atom is 0.192 e. The molecule has 0 fully saturated rings. The van der Waals surface area contributed by atoms with Gasteiger partial charge in [0.05, 0.1) is 26.7 Å². The van der Waals surface area contributed by atoms with Gasteiger partial charge >= 0.3 is 0 Å². The highest BCUT2D eigenvalue weighted by Gasteiger charge is 2.22. The fourth-order valence-corrected chi connectivity index (χ4v) is 3.64. The van der Waals surface area contributed by atoms with Gasteiger partial charge < -0.3 is 19.9 Å². The number of methoxy groups -OCH3 is 1. The SMILES string of the molecule is CCc1nc2n(n1)CC(NC(=NCc1ccc(OC)cc1)NCc1nnc(C)n1C)CC2. The fraction of sp³-hybridized carbons (Fsp3) is 0.500. The van der Waals surface area contributed by atoms with E-state index in [2.05, 4.69) is 37.8 Å². The summed E-state index contributed by atoms with van der Waals surface area (Å²) in [7, 11) is 3.63. The summed E-state index contributed by atoms with van der Waals surface area (Å²) in [5.74, 6) is 5.29. The Kier molecular flexibility index (Phi) is 6.67. The molecule has 0 bridgehead atoms. The lowest BCUT2D eigenvalue weighted by molar-refractivity contribution is 0.391. The summed E-state index contributed by atoms with van der Waals surface area (Å²) < 4.78 is 9.24. The zero-order valence-electron chi connectivity index (χ0n) is 19.2. The quantitative estimate of drug-likeness (QED) is 0.426. The minimum atomic E-state index is 0.220. The van der Waals surface area contributed by atoms with Crippen LogP contribution in [0.3, 0.4) is 0 Å². The van der Waals surface area contributed by atoms with Crippen molar-refractivity contribution in [3.8, 4) is 5.75 Å². The summed E-state index contributed by atoms with van der Waals surface area (Å²) in [6.07, 6.45) is 2.73. The second kappa shape index (κ2) is 9.80. The Morgan fingerprint density at radius 2 is 2.06 bits per heavy atom. The Morgan fingerprint density at radius 3 is 2.75 bits per heavy atom. The molecule has 32 heavy (non-hydrogen) atoms. The number of guanidine groups is 1. The van der Waals surface area contributed by atoms with Gasteiger partial charge in [-0.3, -0.25) is 0 Å². The molecule has 0 radical (unpaired) electrons. The van der Waals surface area contributed by atoms with Crippen molar-refractivity contribution in [3.05, 3.63) is 53.1 Å². The number of ether oxygens (including phenoxy) is 1. The third-order valence-corrected chi connectivity index (χ3v) is 5.73. The van der Waals surface area contributed by atoms with Gasteiger partial charge in [0.25, 0.3) is 0 Å². The van der Waals surface area contributed by atoms with Crippen molar-refractivity contribution in [2.24, 2.45) is 12.0 Å². The molecule has 0 amide bonds. The Bertz CT molecular complexity index is 1070. The number of aliphatic imine (C=N–C) groups is 1. The molecule has 0 aliphatic carbocycles. The topological polar surface area (TPSA) is 107 Å². The summed E-state index contributed by atoms with van der Waals surface area (Å²) in [5.41, 5.74) is 1.11. The number of aromatic nitrogens is 6. The molecular formula is C22H31N9O. The molecule has 0 spiro atoms. The predicted octanol–water partition coefficient (Wildman–Crippen LogP) is 1.54. The normalized spacial score (nSPS) is 16.0. The van der Waals surface area contributed by atoms with Gasteiger partial charge in [0.2, 0.25) is 0 Å². The van der Waals surface area contributed by atoms with Gasteiger partial charge in [0.1, 0.15) is 17.4 Å². The minimum absolute atomic E-state index is 0.220. The zero-order valence-corrected chi connectivity index (χ0v) is 19.2. The van der Waals surface area contributed by atoms with Crippen molar-refractivity contribution >= 4 is 5.96 Å². The van der Waals surface area contributed by atoms with Crippen molar-refractivity contribution in [1.82, 2.24) is 40.2 Å². The monoisotopic (exact) mass is 437 g/mol. The van der Waals surface area contributed by atoms with E-state index in [9.17, 15) is 0 Å². The molecule has 10 nitrogen and oxygen atoms in total. The average molecular weight is 438 g/mol. The molecule has 10 heteroatoms. The summed E-state index contributed by atoms with van der Waals surface area (Å²) in [5, 5.41) is 20.0. The molecule has 4 rings (SSSR count). The van der Waals surface area contributed by atoms with Crippen LogP contribution in [0.15, 0.2) is 29.3 Å². The van der Waals surface area contributed by atoms with E-state index in [0.717, 1.165) is 66.4 Å². The average Bonchev–Trinajstić information content (AvgIpc) is 3.38.